The molecule has 0 bridgehead atoms. The summed E-state index contributed by atoms with van der Waals surface area (Å²) in [4.78, 5) is 1.40. The second-order valence-corrected chi connectivity index (χ2v) is 3.71. The molecule has 0 spiro atoms. The zero-order chi connectivity index (χ0) is 7.68. The zero-order valence-corrected chi connectivity index (χ0v) is 8.30. The number of aliphatic hydroxyl groups excluding tert-OH is 1. The van der Waals surface area contributed by atoms with Crippen LogP contribution in [-0.2, 0) is 19.6 Å². The van der Waals surface area contributed by atoms with Gasteiger partial charge < -0.3 is 10.4 Å². The van der Waals surface area contributed by atoms with Crippen molar-refractivity contribution in [3.8, 4) is 0 Å². The van der Waals surface area contributed by atoms with E-state index < -0.39 is 0 Å². The van der Waals surface area contributed by atoms with Crippen LogP contribution in [0, 0.1) is 0 Å². The van der Waals surface area contributed by atoms with Crippen molar-refractivity contribution in [1.82, 2.24) is 5.32 Å². The van der Waals surface area contributed by atoms with Gasteiger partial charge in [0.25, 0.3) is 0 Å². The quantitative estimate of drug-likeness (QED) is 0.725. The second kappa shape index (κ2) is 4.23. The monoisotopic (exact) mass is 205 g/mol. The maximum Gasteiger partial charge on any atom is 0.0692 e. The summed E-state index contributed by atoms with van der Waals surface area (Å²) in [6.07, 6.45) is 1.08. The first-order chi connectivity index (χ1) is 5.42. The van der Waals surface area contributed by atoms with Crippen LogP contribution in [0.5, 0.6) is 0 Å². The van der Waals surface area contributed by atoms with Crippen LogP contribution in [-0.4, -0.2) is 11.7 Å². The highest BCUT2D eigenvalue weighted by Gasteiger charge is 2.13. The Labute approximate surface area is 82.0 Å². The summed E-state index contributed by atoms with van der Waals surface area (Å²) in [7, 11) is 0. The largest absolute Gasteiger partial charge is 0.392 e. The lowest BCUT2D eigenvalue weighted by Crippen LogP contribution is -2.22. The molecule has 1 aliphatic rings. The second-order valence-electron chi connectivity index (χ2n) is 2.75. The fourth-order valence-electron chi connectivity index (χ4n) is 1.46. The van der Waals surface area contributed by atoms with E-state index in [-0.39, 0.29) is 19.0 Å². The van der Waals surface area contributed by atoms with Crippen LogP contribution in [0.25, 0.3) is 0 Å². The smallest absolute Gasteiger partial charge is 0.0692 e. The van der Waals surface area contributed by atoms with Crippen molar-refractivity contribution < 1.29 is 5.11 Å². The molecule has 0 atom stereocenters. The molecule has 0 amide bonds. The van der Waals surface area contributed by atoms with Gasteiger partial charge in [0.15, 0.2) is 0 Å². The number of rotatable bonds is 1. The number of fused-ring (bicyclic) bond motifs is 1. The maximum atomic E-state index is 8.97. The van der Waals surface area contributed by atoms with Gasteiger partial charge in [0.1, 0.15) is 0 Å². The molecule has 2 heterocycles. The van der Waals surface area contributed by atoms with E-state index >= 15 is 0 Å². The lowest BCUT2D eigenvalue weighted by Gasteiger charge is -2.13. The predicted molar refractivity (Wildman–Crippen MR) is 52.9 cm³/mol. The fraction of sp³-hybridized carbons (Fsp3) is 0.500. The van der Waals surface area contributed by atoms with Crippen molar-refractivity contribution in [3.63, 3.8) is 0 Å². The summed E-state index contributed by atoms with van der Waals surface area (Å²) in [5.74, 6) is 0. The Morgan fingerprint density at radius 1 is 1.58 bits per heavy atom. The Balaban J connectivity index is 0.000000720. The van der Waals surface area contributed by atoms with Crippen molar-refractivity contribution in [1.29, 1.82) is 0 Å². The summed E-state index contributed by atoms with van der Waals surface area (Å²) >= 11 is 1.75. The minimum Gasteiger partial charge on any atom is -0.392 e. The molecule has 0 saturated heterocycles. The van der Waals surface area contributed by atoms with Gasteiger partial charge in [-0.3, -0.25) is 0 Å². The SMILES string of the molecule is Cl.OCc1csc2c1CCNC2. The normalized spacial score (nSPS) is 15.1. The molecule has 1 aliphatic heterocycles. The minimum atomic E-state index is 0. The first-order valence-corrected chi connectivity index (χ1v) is 4.69. The van der Waals surface area contributed by atoms with Crippen LogP contribution in [0.15, 0.2) is 5.38 Å². The first-order valence-electron chi connectivity index (χ1n) is 3.81. The summed E-state index contributed by atoms with van der Waals surface area (Å²) in [5, 5.41) is 14.3. The topological polar surface area (TPSA) is 32.3 Å². The summed E-state index contributed by atoms with van der Waals surface area (Å²) < 4.78 is 0. The van der Waals surface area contributed by atoms with Crippen LogP contribution < -0.4 is 5.32 Å². The molecule has 4 heteroatoms. The molecule has 1 aromatic rings. The average Bonchev–Trinajstić information content (AvgIpc) is 2.47. The molecular formula is C8H12ClNOS. The van der Waals surface area contributed by atoms with Crippen molar-refractivity contribution in [2.45, 2.75) is 19.6 Å². The molecule has 2 N–H and O–H groups in total. The van der Waals surface area contributed by atoms with Crippen molar-refractivity contribution in [2.75, 3.05) is 6.54 Å². The molecule has 68 valence electrons. The van der Waals surface area contributed by atoms with Gasteiger partial charge in [0.2, 0.25) is 0 Å². The maximum absolute atomic E-state index is 8.97. The summed E-state index contributed by atoms with van der Waals surface area (Å²) in [6.45, 7) is 2.24. The molecule has 1 aromatic heterocycles. The molecule has 0 fully saturated rings. The number of hydrogen-bond acceptors (Lipinski definition) is 3. The Morgan fingerprint density at radius 3 is 3.17 bits per heavy atom. The van der Waals surface area contributed by atoms with Gasteiger partial charge in [-0.2, -0.15) is 0 Å². The fourth-order valence-corrected chi connectivity index (χ4v) is 2.52. The molecular weight excluding hydrogens is 194 g/mol. The van der Waals surface area contributed by atoms with Gasteiger partial charge in [0.05, 0.1) is 6.61 Å². The van der Waals surface area contributed by atoms with Gasteiger partial charge in [-0.1, -0.05) is 0 Å². The molecule has 0 saturated carbocycles. The highest BCUT2D eigenvalue weighted by atomic mass is 35.5. The lowest BCUT2D eigenvalue weighted by molar-refractivity contribution is 0.281. The summed E-state index contributed by atoms with van der Waals surface area (Å²) in [5.41, 5.74) is 2.52. The van der Waals surface area contributed by atoms with Crippen LogP contribution in [0.3, 0.4) is 0 Å². The molecule has 12 heavy (non-hydrogen) atoms. The molecule has 2 rings (SSSR count). The van der Waals surface area contributed by atoms with E-state index in [2.05, 4.69) is 10.7 Å². The van der Waals surface area contributed by atoms with Gasteiger partial charge in [-0.05, 0) is 29.5 Å². The van der Waals surface area contributed by atoms with Gasteiger partial charge in [-0.15, -0.1) is 23.7 Å². The first kappa shape index (κ1) is 9.99. The minimum absolute atomic E-state index is 0. The van der Waals surface area contributed by atoms with Crippen LogP contribution in [0.1, 0.15) is 16.0 Å². The summed E-state index contributed by atoms with van der Waals surface area (Å²) in [6, 6.07) is 0. The lowest BCUT2D eigenvalue weighted by atomic mass is 10.1. The predicted octanol–water partition coefficient (Wildman–Crippen LogP) is 1.31. The Bertz CT molecular complexity index is 248. The highest BCUT2D eigenvalue weighted by Crippen LogP contribution is 2.25. The van der Waals surface area contributed by atoms with E-state index in [0.29, 0.717) is 0 Å². The Kier molecular flexibility index (Phi) is 3.53. The third-order valence-corrected chi connectivity index (χ3v) is 3.15. The average molecular weight is 206 g/mol. The van der Waals surface area contributed by atoms with Crippen LogP contribution in [0.2, 0.25) is 0 Å². The van der Waals surface area contributed by atoms with E-state index in [1.54, 1.807) is 11.3 Å². The van der Waals surface area contributed by atoms with Gasteiger partial charge in [0, 0.05) is 11.4 Å². The molecule has 0 radical (unpaired) electrons. The van der Waals surface area contributed by atoms with Crippen molar-refractivity contribution in [3.05, 3.63) is 21.4 Å². The van der Waals surface area contributed by atoms with E-state index in [9.17, 15) is 0 Å². The van der Waals surface area contributed by atoms with Gasteiger partial charge >= 0.3 is 0 Å². The van der Waals surface area contributed by atoms with Gasteiger partial charge in [-0.25, -0.2) is 0 Å². The molecule has 0 unspecified atom stereocenters. The standard InChI is InChI=1S/C8H11NOS.ClH/c10-4-6-5-11-8-3-9-2-1-7(6)8;/h5,9-10H,1-4H2;1H. The Morgan fingerprint density at radius 2 is 2.42 bits per heavy atom. The zero-order valence-electron chi connectivity index (χ0n) is 6.67. The van der Waals surface area contributed by atoms with Crippen molar-refractivity contribution in [2.24, 2.45) is 0 Å². The van der Waals surface area contributed by atoms with E-state index in [1.165, 1.54) is 10.4 Å². The number of nitrogens with one attached hydrogen (secondary N) is 1. The number of aliphatic hydroxyl groups is 1. The number of halogens is 1. The highest BCUT2D eigenvalue weighted by molar-refractivity contribution is 7.10. The van der Waals surface area contributed by atoms with Crippen LogP contribution in [0.4, 0.5) is 0 Å². The van der Waals surface area contributed by atoms with E-state index in [0.717, 1.165) is 25.1 Å². The third-order valence-electron chi connectivity index (χ3n) is 2.08. The number of hydrogen-bond donors (Lipinski definition) is 2. The van der Waals surface area contributed by atoms with E-state index in [1.807, 2.05) is 0 Å². The molecule has 2 nitrogen and oxygen atoms in total. The third kappa shape index (κ3) is 1.64. The Hall–Kier alpha value is -0.0900. The molecule has 0 aliphatic carbocycles. The van der Waals surface area contributed by atoms with Crippen molar-refractivity contribution >= 4 is 23.7 Å². The van der Waals surface area contributed by atoms with E-state index in [4.69, 9.17) is 5.11 Å². The number of thiophene rings is 1. The molecule has 0 aromatic carbocycles. The van der Waals surface area contributed by atoms with Crippen LogP contribution >= 0.6 is 23.7 Å².